The van der Waals surface area contributed by atoms with Crippen LogP contribution in [0.3, 0.4) is 0 Å². The Kier molecular flexibility index (Phi) is 8.22. The average Bonchev–Trinajstić information content (AvgIpc) is 3.21. The smallest absolute Gasteiger partial charge is 0.293 e. The lowest BCUT2D eigenvalue weighted by Crippen LogP contribution is -2.39. The Balaban J connectivity index is 0.000000523. The van der Waals surface area contributed by atoms with Crippen molar-refractivity contribution < 1.29 is 17.9 Å². The van der Waals surface area contributed by atoms with Crippen molar-refractivity contribution >= 4 is 38.0 Å². The minimum Gasteiger partial charge on any atom is -0.468 e. The predicted molar refractivity (Wildman–Crippen MR) is 128 cm³/mol. The van der Waals surface area contributed by atoms with Crippen molar-refractivity contribution in [2.45, 2.75) is 26.3 Å². The molecule has 1 saturated heterocycles. The van der Waals surface area contributed by atoms with E-state index in [1.807, 2.05) is 28.8 Å². The lowest BCUT2D eigenvalue weighted by molar-refractivity contribution is -0.128. The second-order valence-electron chi connectivity index (χ2n) is 7.67. The van der Waals surface area contributed by atoms with E-state index in [1.54, 1.807) is 24.3 Å². The van der Waals surface area contributed by atoms with Crippen molar-refractivity contribution in [1.82, 2.24) is 8.87 Å². The van der Waals surface area contributed by atoms with Gasteiger partial charge in [0.1, 0.15) is 4.83 Å². The highest BCUT2D eigenvalue weighted by Gasteiger charge is 2.25. The number of thiophene rings is 1. The number of carbonyl (C=O) groups is 1. The van der Waals surface area contributed by atoms with E-state index < -0.39 is 10.0 Å². The summed E-state index contributed by atoms with van der Waals surface area (Å²) in [6.45, 7) is 4.38. The van der Waals surface area contributed by atoms with Crippen LogP contribution < -0.4 is 5.56 Å². The van der Waals surface area contributed by atoms with Gasteiger partial charge in [-0.3, -0.25) is 14.2 Å². The number of ether oxygens (including phenoxy) is 1. The molecule has 1 fully saturated rings. The van der Waals surface area contributed by atoms with Gasteiger partial charge in [0.2, 0.25) is 10.0 Å². The number of pyridine rings is 1. The molecule has 1 aliphatic rings. The van der Waals surface area contributed by atoms with Gasteiger partial charge in [0.25, 0.3) is 12.0 Å². The molecule has 0 amide bonds. The third-order valence-electron chi connectivity index (χ3n) is 5.52. The first-order valence-corrected chi connectivity index (χ1v) is 13.2. The number of aromatic nitrogens is 1. The van der Waals surface area contributed by atoms with Gasteiger partial charge in [-0.2, -0.15) is 0 Å². The zero-order valence-electron chi connectivity index (χ0n) is 18.3. The predicted octanol–water partition coefficient (Wildman–Crippen LogP) is 3.58. The zero-order valence-corrected chi connectivity index (χ0v) is 19.9. The SMILES string of the molecule is CCOC=O.CS(=O)(=O)N1CCC(Cn2c(=O)ccc3c(-c4ccccc4)csc32)CC1. The Hall–Kier alpha value is -2.49. The van der Waals surface area contributed by atoms with Crippen LogP contribution in [-0.2, 0) is 26.1 Å². The Labute approximate surface area is 192 Å². The van der Waals surface area contributed by atoms with Crippen LogP contribution in [0, 0.1) is 5.92 Å². The van der Waals surface area contributed by atoms with E-state index >= 15 is 0 Å². The van der Waals surface area contributed by atoms with Crippen molar-refractivity contribution in [2.75, 3.05) is 26.0 Å². The number of hydrogen-bond donors (Lipinski definition) is 0. The highest BCUT2D eigenvalue weighted by atomic mass is 32.2. The number of fused-ring (bicyclic) bond motifs is 1. The fourth-order valence-corrected chi connectivity index (χ4v) is 5.80. The molecule has 172 valence electrons. The normalized spacial score (nSPS) is 15.2. The number of sulfonamides is 1. The summed E-state index contributed by atoms with van der Waals surface area (Å²) in [7, 11) is -3.13. The Morgan fingerprint density at radius 2 is 1.81 bits per heavy atom. The van der Waals surface area contributed by atoms with Gasteiger partial charge in [0.05, 0.1) is 12.9 Å². The maximum atomic E-state index is 12.5. The summed E-state index contributed by atoms with van der Waals surface area (Å²) >= 11 is 1.60. The van der Waals surface area contributed by atoms with Crippen LogP contribution in [0.4, 0.5) is 0 Å². The lowest BCUT2D eigenvalue weighted by atomic mass is 9.98. The zero-order chi connectivity index (χ0) is 23.1. The molecule has 4 rings (SSSR count). The van der Waals surface area contributed by atoms with Gasteiger partial charge in [-0.15, -0.1) is 11.3 Å². The van der Waals surface area contributed by atoms with E-state index in [1.165, 1.54) is 10.6 Å². The largest absolute Gasteiger partial charge is 0.468 e. The molecular formula is C23H28N2O5S2. The van der Waals surface area contributed by atoms with Crippen LogP contribution in [0.15, 0.2) is 52.6 Å². The van der Waals surface area contributed by atoms with E-state index in [4.69, 9.17) is 0 Å². The summed E-state index contributed by atoms with van der Waals surface area (Å²) in [5.41, 5.74) is 2.31. The molecule has 32 heavy (non-hydrogen) atoms. The van der Waals surface area contributed by atoms with Crippen LogP contribution in [0.25, 0.3) is 21.3 Å². The summed E-state index contributed by atoms with van der Waals surface area (Å²) in [5, 5.41) is 3.21. The summed E-state index contributed by atoms with van der Waals surface area (Å²) < 4.78 is 30.9. The van der Waals surface area contributed by atoms with Crippen LogP contribution in [0.2, 0.25) is 0 Å². The average molecular weight is 477 g/mol. The molecule has 0 aliphatic carbocycles. The topological polar surface area (TPSA) is 85.7 Å². The minimum absolute atomic E-state index is 0.00880. The summed E-state index contributed by atoms with van der Waals surface area (Å²) in [5.74, 6) is 0.313. The lowest BCUT2D eigenvalue weighted by Gasteiger charge is -2.30. The number of piperidine rings is 1. The molecule has 3 heterocycles. The Bertz CT molecular complexity index is 1190. The molecule has 0 atom stereocenters. The fourth-order valence-electron chi connectivity index (χ4n) is 3.84. The van der Waals surface area contributed by atoms with E-state index in [9.17, 15) is 18.0 Å². The first kappa shape index (κ1) is 24.2. The van der Waals surface area contributed by atoms with E-state index in [0.717, 1.165) is 34.2 Å². The molecule has 0 N–H and O–H groups in total. The van der Waals surface area contributed by atoms with Crippen molar-refractivity contribution in [3.05, 3.63) is 58.2 Å². The van der Waals surface area contributed by atoms with Crippen LogP contribution >= 0.6 is 11.3 Å². The summed E-state index contributed by atoms with van der Waals surface area (Å²) in [4.78, 5) is 22.7. The fraction of sp³-hybridized carbons (Fsp3) is 0.391. The number of nitrogens with zero attached hydrogens (tertiary/aromatic N) is 2. The van der Waals surface area contributed by atoms with Crippen LogP contribution in [0.1, 0.15) is 19.8 Å². The molecule has 7 nitrogen and oxygen atoms in total. The molecule has 0 radical (unpaired) electrons. The Morgan fingerprint density at radius 3 is 2.38 bits per heavy atom. The third-order valence-corrected chi connectivity index (χ3v) is 7.84. The monoisotopic (exact) mass is 476 g/mol. The molecule has 2 aromatic heterocycles. The van der Waals surface area contributed by atoms with Crippen molar-refractivity contribution in [2.24, 2.45) is 5.92 Å². The summed E-state index contributed by atoms with van der Waals surface area (Å²) in [6.07, 6.45) is 2.83. The van der Waals surface area contributed by atoms with E-state index in [0.29, 0.717) is 38.6 Å². The molecule has 3 aromatic rings. The highest BCUT2D eigenvalue weighted by molar-refractivity contribution is 7.88. The van der Waals surface area contributed by atoms with Crippen LogP contribution in [0.5, 0.6) is 0 Å². The molecule has 0 bridgehead atoms. The molecule has 1 aliphatic heterocycles. The van der Waals surface area contributed by atoms with Gasteiger partial charge in [0.15, 0.2) is 0 Å². The number of rotatable bonds is 6. The molecule has 9 heteroatoms. The number of benzene rings is 1. The highest BCUT2D eigenvalue weighted by Crippen LogP contribution is 2.33. The van der Waals surface area contributed by atoms with Gasteiger partial charge >= 0.3 is 0 Å². The standard InChI is InChI=1S/C20H22N2O3S2.C3H6O2/c1-27(24,25)21-11-9-15(10-12-21)13-22-19(23)8-7-17-18(14-26-20(17)22)16-5-3-2-4-6-16;1-2-5-3-4/h2-8,14-15H,9-13H2,1H3;3H,2H2,1H3. The molecular weight excluding hydrogens is 448 g/mol. The van der Waals surface area contributed by atoms with Crippen molar-refractivity contribution in [3.63, 3.8) is 0 Å². The van der Waals surface area contributed by atoms with E-state index in [2.05, 4.69) is 22.2 Å². The second-order valence-corrected chi connectivity index (χ2v) is 10.5. The van der Waals surface area contributed by atoms with E-state index in [-0.39, 0.29) is 5.56 Å². The molecule has 0 spiro atoms. The van der Waals surface area contributed by atoms with Crippen LogP contribution in [-0.4, -0.2) is 49.7 Å². The molecule has 1 aromatic carbocycles. The number of carbonyl (C=O) groups excluding carboxylic acids is 1. The van der Waals surface area contributed by atoms with Gasteiger partial charge in [-0.1, -0.05) is 30.3 Å². The van der Waals surface area contributed by atoms with Crippen molar-refractivity contribution in [3.8, 4) is 11.1 Å². The maximum absolute atomic E-state index is 12.5. The van der Waals surface area contributed by atoms with Gasteiger partial charge in [0, 0.05) is 42.0 Å². The van der Waals surface area contributed by atoms with Gasteiger partial charge in [-0.05, 0) is 37.3 Å². The quantitative estimate of drug-likeness (QED) is 0.508. The van der Waals surface area contributed by atoms with Gasteiger partial charge < -0.3 is 4.74 Å². The minimum atomic E-state index is -3.13. The van der Waals surface area contributed by atoms with Gasteiger partial charge in [-0.25, -0.2) is 12.7 Å². The molecule has 0 unspecified atom stereocenters. The Morgan fingerprint density at radius 1 is 1.12 bits per heavy atom. The first-order valence-electron chi connectivity index (χ1n) is 10.5. The second kappa shape index (κ2) is 10.9. The van der Waals surface area contributed by atoms with Crippen molar-refractivity contribution in [1.29, 1.82) is 0 Å². The first-order chi connectivity index (χ1) is 15.3. The molecule has 0 saturated carbocycles. The number of hydrogen-bond acceptors (Lipinski definition) is 6. The maximum Gasteiger partial charge on any atom is 0.293 e. The third kappa shape index (κ3) is 5.85. The summed E-state index contributed by atoms with van der Waals surface area (Å²) in [6, 6.07) is 13.8.